The number of nitrogens with two attached hydrogens (primary N) is 1. The number of primary amides is 1. The molecule has 4 nitrogen and oxygen atoms in total. The Labute approximate surface area is 125 Å². The van der Waals surface area contributed by atoms with Gasteiger partial charge in [-0.2, -0.15) is 0 Å². The number of hydrogen-bond donors (Lipinski definition) is 1. The van der Waals surface area contributed by atoms with E-state index in [1.165, 1.54) is 0 Å². The minimum atomic E-state index is -0.345. The first kappa shape index (κ1) is 14.3. The molecule has 1 unspecified atom stereocenters. The maximum absolute atomic E-state index is 12.4. The van der Waals surface area contributed by atoms with Crippen molar-refractivity contribution in [2.45, 2.75) is 12.8 Å². The molecule has 2 rings (SSSR count). The summed E-state index contributed by atoms with van der Waals surface area (Å²) in [5.74, 6) is -0.723. The van der Waals surface area contributed by atoms with Gasteiger partial charge in [-0.3, -0.25) is 9.59 Å². The van der Waals surface area contributed by atoms with Crippen molar-refractivity contribution in [3.63, 3.8) is 0 Å². The van der Waals surface area contributed by atoms with Crippen molar-refractivity contribution in [3.8, 4) is 0 Å². The second kappa shape index (κ2) is 5.92. The number of benzene rings is 1. The third-order valence-corrected chi connectivity index (χ3v) is 4.20. The number of carbonyl (C=O) groups is 2. The van der Waals surface area contributed by atoms with Crippen molar-refractivity contribution in [2.24, 2.45) is 11.7 Å². The number of carbonyl (C=O) groups excluding carboxylic acids is 2. The highest BCUT2D eigenvalue weighted by molar-refractivity contribution is 9.10. The van der Waals surface area contributed by atoms with Crippen LogP contribution < -0.4 is 5.73 Å². The van der Waals surface area contributed by atoms with E-state index >= 15 is 0 Å². The van der Waals surface area contributed by atoms with Gasteiger partial charge in [0.15, 0.2) is 0 Å². The monoisotopic (exact) mass is 344 g/mol. The zero-order valence-electron chi connectivity index (χ0n) is 10.2. The van der Waals surface area contributed by atoms with Gasteiger partial charge < -0.3 is 10.6 Å². The quantitative estimate of drug-likeness (QED) is 0.895. The van der Waals surface area contributed by atoms with E-state index in [1.54, 1.807) is 23.1 Å². The maximum atomic E-state index is 12.4. The lowest BCUT2D eigenvalue weighted by Crippen LogP contribution is -2.44. The van der Waals surface area contributed by atoms with Gasteiger partial charge >= 0.3 is 0 Å². The van der Waals surface area contributed by atoms with Crippen molar-refractivity contribution in [3.05, 3.63) is 33.3 Å². The third-order valence-electron chi connectivity index (χ3n) is 3.27. The molecular formula is C13H14BrClN2O2. The smallest absolute Gasteiger partial charge is 0.255 e. The fourth-order valence-corrected chi connectivity index (χ4v) is 2.81. The van der Waals surface area contributed by atoms with Gasteiger partial charge in [0.2, 0.25) is 5.91 Å². The number of hydrogen-bond acceptors (Lipinski definition) is 2. The molecule has 0 aliphatic carbocycles. The Hall–Kier alpha value is -1.07. The molecule has 0 spiro atoms. The van der Waals surface area contributed by atoms with E-state index in [9.17, 15) is 9.59 Å². The van der Waals surface area contributed by atoms with Crippen molar-refractivity contribution in [2.75, 3.05) is 13.1 Å². The summed E-state index contributed by atoms with van der Waals surface area (Å²) in [6.45, 7) is 1.02. The van der Waals surface area contributed by atoms with E-state index in [2.05, 4.69) is 15.9 Å². The Morgan fingerprint density at radius 1 is 1.42 bits per heavy atom. The molecule has 102 valence electrons. The molecule has 1 atom stereocenters. The summed E-state index contributed by atoms with van der Waals surface area (Å²) >= 11 is 9.26. The summed E-state index contributed by atoms with van der Waals surface area (Å²) in [4.78, 5) is 25.3. The van der Waals surface area contributed by atoms with Crippen molar-refractivity contribution >= 4 is 39.3 Å². The maximum Gasteiger partial charge on any atom is 0.255 e. The lowest BCUT2D eigenvalue weighted by atomic mass is 9.97. The number of nitrogens with zero attached hydrogens (tertiary/aromatic N) is 1. The minimum absolute atomic E-state index is 0.125. The standard InChI is InChI=1S/C13H14BrClN2O2/c14-11-4-3-9(15)6-10(11)13(19)17-5-1-2-8(7-17)12(16)18/h3-4,6,8H,1-2,5,7H2,(H2,16,18). The molecule has 6 heteroatoms. The summed E-state index contributed by atoms with van der Waals surface area (Å²) in [5.41, 5.74) is 5.83. The number of likely N-dealkylation sites (tertiary alicyclic amines) is 1. The zero-order chi connectivity index (χ0) is 14.0. The normalized spacial score (nSPS) is 19.3. The highest BCUT2D eigenvalue weighted by atomic mass is 79.9. The fourth-order valence-electron chi connectivity index (χ4n) is 2.23. The first-order chi connectivity index (χ1) is 8.99. The molecule has 1 aliphatic heterocycles. The SMILES string of the molecule is NC(=O)C1CCCN(C(=O)c2cc(Cl)ccc2Br)C1. The van der Waals surface area contributed by atoms with E-state index in [-0.39, 0.29) is 17.7 Å². The van der Waals surface area contributed by atoms with Gasteiger partial charge in [-0.15, -0.1) is 0 Å². The lowest BCUT2D eigenvalue weighted by molar-refractivity contribution is -0.123. The molecule has 2 N–H and O–H groups in total. The first-order valence-electron chi connectivity index (χ1n) is 6.02. The molecule has 1 fully saturated rings. The number of halogens is 2. The van der Waals surface area contributed by atoms with Crippen LogP contribution in [0.4, 0.5) is 0 Å². The summed E-state index contributed by atoms with van der Waals surface area (Å²) in [6, 6.07) is 5.08. The molecule has 0 aromatic heterocycles. The van der Waals surface area contributed by atoms with Crippen LogP contribution in [-0.2, 0) is 4.79 Å². The van der Waals surface area contributed by atoms with Gasteiger partial charge in [-0.05, 0) is 47.0 Å². The molecule has 1 saturated heterocycles. The van der Waals surface area contributed by atoms with E-state index in [0.29, 0.717) is 28.1 Å². The zero-order valence-corrected chi connectivity index (χ0v) is 12.6. The average molecular weight is 346 g/mol. The molecule has 0 bridgehead atoms. The van der Waals surface area contributed by atoms with Crippen LogP contribution in [0.5, 0.6) is 0 Å². The van der Waals surface area contributed by atoms with Crippen LogP contribution in [0.1, 0.15) is 23.2 Å². The second-order valence-electron chi connectivity index (χ2n) is 4.62. The van der Waals surface area contributed by atoms with Gasteiger partial charge in [-0.25, -0.2) is 0 Å². The number of amides is 2. The molecule has 19 heavy (non-hydrogen) atoms. The summed E-state index contributed by atoms with van der Waals surface area (Å²) in [5, 5.41) is 0.509. The fraction of sp³-hybridized carbons (Fsp3) is 0.385. The predicted molar refractivity (Wildman–Crippen MR) is 77.0 cm³/mol. The van der Waals surface area contributed by atoms with E-state index in [1.807, 2.05) is 0 Å². The Bertz CT molecular complexity index is 521. The van der Waals surface area contributed by atoms with E-state index in [0.717, 1.165) is 12.8 Å². The third kappa shape index (κ3) is 3.28. The number of rotatable bonds is 2. The highest BCUT2D eigenvalue weighted by Gasteiger charge is 2.28. The predicted octanol–water partition coefficient (Wildman–Crippen LogP) is 2.44. The summed E-state index contributed by atoms with van der Waals surface area (Å²) in [7, 11) is 0. The van der Waals surface area contributed by atoms with E-state index in [4.69, 9.17) is 17.3 Å². The van der Waals surface area contributed by atoms with Crippen LogP contribution in [-0.4, -0.2) is 29.8 Å². The highest BCUT2D eigenvalue weighted by Crippen LogP contribution is 2.25. The first-order valence-corrected chi connectivity index (χ1v) is 7.20. The van der Waals surface area contributed by atoms with Crippen molar-refractivity contribution < 1.29 is 9.59 Å². The summed E-state index contributed by atoms with van der Waals surface area (Å²) < 4.78 is 0.697. The van der Waals surface area contributed by atoms with Crippen LogP contribution in [0.25, 0.3) is 0 Å². The molecule has 0 radical (unpaired) electrons. The van der Waals surface area contributed by atoms with Crippen LogP contribution in [0.15, 0.2) is 22.7 Å². The van der Waals surface area contributed by atoms with Gasteiger partial charge in [0, 0.05) is 22.6 Å². The minimum Gasteiger partial charge on any atom is -0.369 e. The summed E-state index contributed by atoms with van der Waals surface area (Å²) in [6.07, 6.45) is 1.54. The van der Waals surface area contributed by atoms with E-state index < -0.39 is 0 Å². The molecule has 1 aliphatic rings. The lowest BCUT2D eigenvalue weighted by Gasteiger charge is -2.31. The average Bonchev–Trinajstić information content (AvgIpc) is 2.41. The Kier molecular flexibility index (Phi) is 4.47. The Balaban J connectivity index is 2.19. The molecule has 1 aromatic carbocycles. The second-order valence-corrected chi connectivity index (χ2v) is 5.91. The van der Waals surface area contributed by atoms with Crippen molar-refractivity contribution in [1.82, 2.24) is 4.90 Å². The van der Waals surface area contributed by atoms with Gasteiger partial charge in [0.25, 0.3) is 5.91 Å². The van der Waals surface area contributed by atoms with Crippen LogP contribution >= 0.6 is 27.5 Å². The Morgan fingerprint density at radius 3 is 2.84 bits per heavy atom. The van der Waals surface area contributed by atoms with Crippen LogP contribution in [0.2, 0.25) is 5.02 Å². The topological polar surface area (TPSA) is 63.4 Å². The van der Waals surface area contributed by atoms with Gasteiger partial charge in [-0.1, -0.05) is 11.6 Å². The van der Waals surface area contributed by atoms with Crippen molar-refractivity contribution in [1.29, 1.82) is 0 Å². The van der Waals surface area contributed by atoms with Gasteiger partial charge in [0.1, 0.15) is 0 Å². The van der Waals surface area contributed by atoms with Crippen LogP contribution in [0.3, 0.4) is 0 Å². The largest absolute Gasteiger partial charge is 0.369 e. The molecule has 0 saturated carbocycles. The molecule has 1 aromatic rings. The Morgan fingerprint density at radius 2 is 2.16 bits per heavy atom. The molecule has 1 heterocycles. The molecular weight excluding hydrogens is 332 g/mol. The molecule has 2 amide bonds. The van der Waals surface area contributed by atoms with Gasteiger partial charge in [0.05, 0.1) is 11.5 Å². The number of piperidine rings is 1. The van der Waals surface area contributed by atoms with Crippen LogP contribution in [0, 0.1) is 5.92 Å².